The summed E-state index contributed by atoms with van der Waals surface area (Å²) in [6.45, 7) is 0.170. The maximum absolute atomic E-state index is 12.4. The number of nitriles is 1. The number of aromatic nitrogens is 1. The van der Waals surface area contributed by atoms with Gasteiger partial charge in [0.25, 0.3) is 0 Å². The lowest BCUT2D eigenvalue weighted by Gasteiger charge is -2.21. The van der Waals surface area contributed by atoms with Crippen LogP contribution >= 0.6 is 0 Å². The summed E-state index contributed by atoms with van der Waals surface area (Å²) < 4.78 is 37.2. The number of nitrogens with zero attached hydrogens (tertiary/aromatic N) is 3. The lowest BCUT2D eigenvalue weighted by molar-refractivity contribution is -0.162. The maximum Gasteiger partial charge on any atom is 0.405 e. The number of halogens is 3. The van der Waals surface area contributed by atoms with Crippen molar-refractivity contribution in [3.8, 4) is 6.07 Å². The quantitative estimate of drug-likeness (QED) is 0.812. The number of hydrogen-bond donors (Lipinski definition) is 0. The Balaban J connectivity index is 2.43. The van der Waals surface area contributed by atoms with E-state index in [9.17, 15) is 13.2 Å². The second kappa shape index (κ2) is 6.36. The van der Waals surface area contributed by atoms with Gasteiger partial charge < -0.3 is 4.90 Å². The first-order valence-electron chi connectivity index (χ1n) is 5.47. The molecule has 1 rings (SSSR count). The van der Waals surface area contributed by atoms with E-state index in [1.807, 2.05) is 12.1 Å². The maximum atomic E-state index is 12.4. The van der Waals surface area contributed by atoms with Crippen LogP contribution in [0.1, 0.15) is 5.56 Å². The van der Waals surface area contributed by atoms with Crippen LogP contribution in [0.4, 0.5) is 13.2 Å². The van der Waals surface area contributed by atoms with Gasteiger partial charge >= 0.3 is 6.18 Å². The molecule has 0 aliphatic rings. The van der Waals surface area contributed by atoms with E-state index in [0.717, 1.165) is 5.56 Å². The summed E-state index contributed by atoms with van der Waals surface area (Å²) in [7, 11) is 1.58. The van der Waals surface area contributed by atoms with Crippen molar-refractivity contribution in [3.63, 3.8) is 0 Å². The molecular weight excluding hydrogens is 243 g/mol. The van der Waals surface area contributed by atoms with E-state index in [0.29, 0.717) is 13.0 Å². The van der Waals surface area contributed by atoms with Gasteiger partial charge in [0.1, 0.15) is 0 Å². The number of likely N-dealkylation sites (N-methyl/N-ethyl adjacent to an activating group) is 1. The average molecular weight is 257 g/mol. The Labute approximate surface area is 104 Å². The molecule has 0 amide bonds. The number of rotatable bonds is 5. The van der Waals surface area contributed by atoms with E-state index in [1.54, 1.807) is 19.4 Å². The van der Waals surface area contributed by atoms with Gasteiger partial charge in [0.15, 0.2) is 5.92 Å². The second-order valence-electron chi connectivity index (χ2n) is 4.09. The fraction of sp³-hybridized carbons (Fsp3) is 0.500. The zero-order valence-corrected chi connectivity index (χ0v) is 9.98. The molecule has 18 heavy (non-hydrogen) atoms. The largest absolute Gasteiger partial charge is 0.405 e. The van der Waals surface area contributed by atoms with Crippen LogP contribution in [0.5, 0.6) is 0 Å². The van der Waals surface area contributed by atoms with Crippen LogP contribution in [0, 0.1) is 17.2 Å². The molecule has 0 saturated carbocycles. The summed E-state index contributed by atoms with van der Waals surface area (Å²) in [6.07, 6.45) is -0.541. The average Bonchev–Trinajstić information content (AvgIpc) is 2.33. The van der Waals surface area contributed by atoms with E-state index >= 15 is 0 Å². The molecule has 0 radical (unpaired) electrons. The molecule has 6 heteroatoms. The first-order valence-corrected chi connectivity index (χ1v) is 5.47. The molecule has 3 nitrogen and oxygen atoms in total. The Bertz CT molecular complexity index is 397. The molecule has 0 spiro atoms. The molecule has 0 aromatic carbocycles. The third-order valence-corrected chi connectivity index (χ3v) is 2.58. The first-order chi connectivity index (χ1) is 8.43. The normalized spacial score (nSPS) is 13.3. The first kappa shape index (κ1) is 14.5. The van der Waals surface area contributed by atoms with Crippen LogP contribution < -0.4 is 0 Å². The standard InChI is InChI=1S/C12H14F3N3/c1-18(9-11(8-16)12(13,14)15)7-4-10-2-5-17-6-3-10/h2-3,5-6,11H,4,7,9H2,1H3. The third kappa shape index (κ3) is 4.72. The highest BCUT2D eigenvalue weighted by molar-refractivity contribution is 5.09. The zero-order valence-electron chi connectivity index (χ0n) is 9.98. The van der Waals surface area contributed by atoms with Crippen LogP contribution in [0.3, 0.4) is 0 Å². The van der Waals surface area contributed by atoms with Crippen molar-refractivity contribution in [2.75, 3.05) is 20.1 Å². The van der Waals surface area contributed by atoms with Crippen molar-refractivity contribution in [3.05, 3.63) is 30.1 Å². The number of pyridine rings is 1. The molecule has 0 saturated heterocycles. The molecule has 1 atom stereocenters. The van der Waals surface area contributed by atoms with Gasteiger partial charge in [-0.3, -0.25) is 4.98 Å². The highest BCUT2D eigenvalue weighted by Gasteiger charge is 2.40. The number of alkyl halides is 3. The molecule has 1 unspecified atom stereocenters. The third-order valence-electron chi connectivity index (χ3n) is 2.58. The monoisotopic (exact) mass is 257 g/mol. The molecule has 0 aliphatic heterocycles. The van der Waals surface area contributed by atoms with E-state index in [-0.39, 0.29) is 6.54 Å². The minimum Gasteiger partial charge on any atom is -0.304 e. The van der Waals surface area contributed by atoms with Gasteiger partial charge in [-0.05, 0) is 31.2 Å². The molecule has 0 fully saturated rings. The van der Waals surface area contributed by atoms with E-state index in [2.05, 4.69) is 4.98 Å². The summed E-state index contributed by atoms with van der Waals surface area (Å²) in [5.41, 5.74) is 1.01. The van der Waals surface area contributed by atoms with Crippen molar-refractivity contribution in [2.24, 2.45) is 5.92 Å². The Morgan fingerprint density at radius 2 is 2.00 bits per heavy atom. The molecule has 0 bridgehead atoms. The van der Waals surface area contributed by atoms with Crippen LogP contribution in [0.15, 0.2) is 24.5 Å². The minimum atomic E-state index is -4.46. The van der Waals surface area contributed by atoms with E-state index in [1.165, 1.54) is 11.0 Å². The van der Waals surface area contributed by atoms with Crippen LogP contribution in [-0.2, 0) is 6.42 Å². The van der Waals surface area contributed by atoms with Gasteiger partial charge in [0.05, 0.1) is 6.07 Å². The van der Waals surface area contributed by atoms with Crippen molar-refractivity contribution in [2.45, 2.75) is 12.6 Å². The SMILES string of the molecule is CN(CCc1ccncc1)CC(C#N)C(F)(F)F. The molecule has 1 aromatic rings. The van der Waals surface area contributed by atoms with Crippen LogP contribution in [0.25, 0.3) is 0 Å². The predicted octanol–water partition coefficient (Wildman–Crippen LogP) is 2.26. The fourth-order valence-electron chi connectivity index (χ4n) is 1.49. The van der Waals surface area contributed by atoms with E-state index < -0.39 is 12.1 Å². The fourth-order valence-corrected chi connectivity index (χ4v) is 1.49. The topological polar surface area (TPSA) is 39.9 Å². The van der Waals surface area contributed by atoms with Gasteiger partial charge in [-0.25, -0.2) is 0 Å². The Hall–Kier alpha value is -1.61. The van der Waals surface area contributed by atoms with Gasteiger partial charge in [-0.2, -0.15) is 18.4 Å². The number of hydrogen-bond acceptors (Lipinski definition) is 3. The highest BCUT2D eigenvalue weighted by atomic mass is 19.4. The van der Waals surface area contributed by atoms with Crippen LogP contribution in [-0.4, -0.2) is 36.2 Å². The summed E-state index contributed by atoms with van der Waals surface area (Å²) in [5.74, 6) is -1.93. The molecule has 1 heterocycles. The molecule has 0 aliphatic carbocycles. The lowest BCUT2D eigenvalue weighted by atomic mass is 10.1. The molecule has 1 aromatic heterocycles. The zero-order chi connectivity index (χ0) is 13.6. The van der Waals surface area contributed by atoms with Gasteiger partial charge in [-0.15, -0.1) is 0 Å². The van der Waals surface area contributed by atoms with Crippen molar-refractivity contribution in [1.82, 2.24) is 9.88 Å². The summed E-state index contributed by atoms with van der Waals surface area (Å²) in [6, 6.07) is 4.93. The molecule has 98 valence electrons. The Morgan fingerprint density at radius 1 is 1.39 bits per heavy atom. The predicted molar refractivity (Wildman–Crippen MR) is 60.6 cm³/mol. The van der Waals surface area contributed by atoms with Crippen LogP contribution in [0.2, 0.25) is 0 Å². The van der Waals surface area contributed by atoms with Crippen molar-refractivity contribution in [1.29, 1.82) is 5.26 Å². The molecular formula is C12H14F3N3. The summed E-state index contributed by atoms with van der Waals surface area (Å²) in [4.78, 5) is 5.38. The minimum absolute atomic E-state index is 0.301. The van der Waals surface area contributed by atoms with E-state index in [4.69, 9.17) is 5.26 Å². The second-order valence-corrected chi connectivity index (χ2v) is 4.09. The lowest BCUT2D eigenvalue weighted by Crippen LogP contribution is -2.34. The smallest absolute Gasteiger partial charge is 0.304 e. The van der Waals surface area contributed by atoms with Gasteiger partial charge in [-0.1, -0.05) is 0 Å². The van der Waals surface area contributed by atoms with Crippen molar-refractivity contribution < 1.29 is 13.2 Å². The van der Waals surface area contributed by atoms with Gasteiger partial charge in [0.2, 0.25) is 0 Å². The summed E-state index contributed by atoms with van der Waals surface area (Å²) >= 11 is 0. The Morgan fingerprint density at radius 3 is 2.50 bits per heavy atom. The summed E-state index contributed by atoms with van der Waals surface area (Å²) in [5, 5.41) is 8.49. The molecule has 0 N–H and O–H groups in total. The highest BCUT2D eigenvalue weighted by Crippen LogP contribution is 2.26. The van der Waals surface area contributed by atoms with Gasteiger partial charge in [0, 0.05) is 25.5 Å². The van der Waals surface area contributed by atoms with Crippen molar-refractivity contribution >= 4 is 0 Å². The Kier molecular flexibility index (Phi) is 5.10.